The number of nitrogens with one attached hydrogen (secondary N) is 1. The van der Waals surface area contributed by atoms with Gasteiger partial charge >= 0.3 is 0 Å². The first-order valence-electron chi connectivity index (χ1n) is 9.53. The number of nitrogens with zero attached hydrogens (tertiary/aromatic N) is 6. The Kier molecular flexibility index (Phi) is 6.02. The zero-order valence-electron chi connectivity index (χ0n) is 16.4. The lowest BCUT2D eigenvalue weighted by atomic mass is 10.3. The standard InChI is InChI=1S/C19H20FN7O3S/c20-15-4-6-16(7-5-15)22-19(28)13-25-8-10-26(11-9-25)31(29,30)18-3-1-2-17(12-18)27-14-21-23-24-27/h1-7,12,14H,8-11,13H2,(H,22,28). The smallest absolute Gasteiger partial charge is 0.243 e. The first-order chi connectivity index (χ1) is 14.9. The van der Waals surface area contributed by atoms with E-state index < -0.39 is 10.0 Å². The Morgan fingerprint density at radius 3 is 2.48 bits per heavy atom. The van der Waals surface area contributed by atoms with Gasteiger partial charge in [0.15, 0.2) is 0 Å². The number of piperazine rings is 1. The van der Waals surface area contributed by atoms with Crippen molar-refractivity contribution in [3.05, 3.63) is 60.7 Å². The molecule has 1 aliphatic rings. The molecule has 10 nitrogen and oxygen atoms in total. The molecule has 3 aromatic rings. The summed E-state index contributed by atoms with van der Waals surface area (Å²) < 4.78 is 41.8. The largest absolute Gasteiger partial charge is 0.325 e. The van der Waals surface area contributed by atoms with Gasteiger partial charge in [0.2, 0.25) is 15.9 Å². The summed E-state index contributed by atoms with van der Waals surface area (Å²) in [7, 11) is -3.69. The fourth-order valence-electron chi connectivity index (χ4n) is 3.28. The van der Waals surface area contributed by atoms with E-state index in [1.54, 1.807) is 12.1 Å². The number of aromatic nitrogens is 4. The van der Waals surface area contributed by atoms with Gasteiger partial charge in [0.05, 0.1) is 17.1 Å². The first-order valence-corrected chi connectivity index (χ1v) is 11.0. The maximum Gasteiger partial charge on any atom is 0.243 e. The summed E-state index contributed by atoms with van der Waals surface area (Å²) >= 11 is 0. The van der Waals surface area contributed by atoms with Gasteiger partial charge in [-0.15, -0.1) is 5.10 Å². The molecule has 1 saturated heterocycles. The average molecular weight is 445 g/mol. The highest BCUT2D eigenvalue weighted by Gasteiger charge is 2.29. The number of hydrogen-bond donors (Lipinski definition) is 1. The van der Waals surface area contributed by atoms with Gasteiger partial charge in [-0.2, -0.15) is 4.31 Å². The van der Waals surface area contributed by atoms with Gasteiger partial charge in [-0.3, -0.25) is 9.69 Å². The molecule has 2 heterocycles. The lowest BCUT2D eigenvalue weighted by molar-refractivity contribution is -0.117. The second-order valence-corrected chi connectivity index (χ2v) is 8.92. The summed E-state index contributed by atoms with van der Waals surface area (Å²) in [5.74, 6) is -0.615. The van der Waals surface area contributed by atoms with E-state index >= 15 is 0 Å². The highest BCUT2D eigenvalue weighted by Crippen LogP contribution is 2.20. The number of amides is 1. The summed E-state index contributed by atoms with van der Waals surface area (Å²) in [5, 5.41) is 13.6. The third-order valence-electron chi connectivity index (χ3n) is 4.90. The number of sulfonamides is 1. The topological polar surface area (TPSA) is 113 Å². The molecule has 0 bridgehead atoms. The molecule has 0 radical (unpaired) electrons. The van der Waals surface area contributed by atoms with Crippen molar-refractivity contribution in [2.75, 3.05) is 38.0 Å². The monoisotopic (exact) mass is 445 g/mol. The van der Waals surface area contributed by atoms with Crippen LogP contribution in [-0.4, -0.2) is 76.5 Å². The Morgan fingerprint density at radius 1 is 1.06 bits per heavy atom. The second kappa shape index (κ2) is 8.88. The summed E-state index contributed by atoms with van der Waals surface area (Å²) in [4.78, 5) is 14.3. The predicted molar refractivity (Wildman–Crippen MR) is 109 cm³/mol. The van der Waals surface area contributed by atoms with Crippen LogP contribution < -0.4 is 5.32 Å². The predicted octanol–water partition coefficient (Wildman–Crippen LogP) is 0.746. The fraction of sp³-hybridized carbons (Fsp3) is 0.263. The zero-order valence-corrected chi connectivity index (χ0v) is 17.2. The van der Waals surface area contributed by atoms with E-state index in [4.69, 9.17) is 0 Å². The third-order valence-corrected chi connectivity index (χ3v) is 6.79. The van der Waals surface area contributed by atoms with Crippen LogP contribution in [0.25, 0.3) is 5.69 Å². The molecule has 1 aliphatic heterocycles. The summed E-state index contributed by atoms with van der Waals surface area (Å²) in [6.07, 6.45) is 1.39. The Bertz CT molecular complexity index is 1150. The molecule has 0 aliphatic carbocycles. The molecule has 162 valence electrons. The van der Waals surface area contributed by atoms with Gasteiger partial charge in [-0.05, 0) is 52.9 Å². The van der Waals surface area contributed by atoms with Crippen LogP contribution in [0.3, 0.4) is 0 Å². The molecule has 4 rings (SSSR count). The van der Waals surface area contributed by atoms with Crippen LogP contribution in [0.5, 0.6) is 0 Å². The molecular weight excluding hydrogens is 425 g/mol. The van der Waals surface area contributed by atoms with Crippen LogP contribution in [-0.2, 0) is 14.8 Å². The van der Waals surface area contributed by atoms with Crippen molar-refractivity contribution in [2.45, 2.75) is 4.90 Å². The van der Waals surface area contributed by atoms with Gasteiger partial charge in [0, 0.05) is 31.9 Å². The van der Waals surface area contributed by atoms with Gasteiger partial charge in [-0.25, -0.2) is 17.5 Å². The number of carbonyl (C=O) groups is 1. The molecule has 1 N–H and O–H groups in total. The van der Waals surface area contributed by atoms with Crippen molar-refractivity contribution in [1.82, 2.24) is 29.4 Å². The minimum Gasteiger partial charge on any atom is -0.325 e. The summed E-state index contributed by atoms with van der Waals surface area (Å²) in [5.41, 5.74) is 1.05. The van der Waals surface area contributed by atoms with E-state index in [2.05, 4.69) is 20.8 Å². The molecule has 1 aromatic heterocycles. The van der Waals surface area contributed by atoms with Crippen molar-refractivity contribution < 1.29 is 17.6 Å². The van der Waals surface area contributed by atoms with Gasteiger partial charge < -0.3 is 5.32 Å². The van der Waals surface area contributed by atoms with E-state index in [-0.39, 0.29) is 36.3 Å². The molecule has 31 heavy (non-hydrogen) atoms. The highest BCUT2D eigenvalue weighted by molar-refractivity contribution is 7.89. The van der Waals surface area contributed by atoms with Crippen molar-refractivity contribution in [3.63, 3.8) is 0 Å². The Hall–Kier alpha value is -3.22. The number of benzene rings is 2. The molecule has 0 unspecified atom stereocenters. The van der Waals surface area contributed by atoms with Gasteiger partial charge in [0.1, 0.15) is 12.1 Å². The van der Waals surface area contributed by atoms with E-state index in [1.807, 2.05) is 4.90 Å². The Morgan fingerprint density at radius 2 is 1.81 bits per heavy atom. The van der Waals surface area contributed by atoms with E-state index in [0.717, 1.165) is 0 Å². The van der Waals surface area contributed by atoms with E-state index in [0.29, 0.717) is 24.5 Å². The van der Waals surface area contributed by atoms with Crippen LogP contribution in [0.4, 0.5) is 10.1 Å². The number of halogens is 1. The maximum atomic E-state index is 13.0. The minimum absolute atomic E-state index is 0.125. The Labute approximate surface area is 178 Å². The van der Waals surface area contributed by atoms with E-state index in [1.165, 1.54) is 51.7 Å². The normalized spacial score (nSPS) is 15.6. The SMILES string of the molecule is O=C(CN1CCN(S(=O)(=O)c2cccc(-n3cnnn3)c2)CC1)Nc1ccc(F)cc1. The van der Waals surface area contributed by atoms with Crippen molar-refractivity contribution in [3.8, 4) is 5.69 Å². The van der Waals surface area contributed by atoms with Crippen molar-refractivity contribution >= 4 is 21.6 Å². The minimum atomic E-state index is -3.69. The maximum absolute atomic E-state index is 13.0. The van der Waals surface area contributed by atoms with Crippen LogP contribution in [0.15, 0.2) is 59.8 Å². The molecule has 0 saturated carbocycles. The van der Waals surface area contributed by atoms with Crippen molar-refractivity contribution in [1.29, 1.82) is 0 Å². The molecule has 0 atom stereocenters. The molecule has 1 fully saturated rings. The van der Waals surface area contributed by atoms with E-state index in [9.17, 15) is 17.6 Å². The first kappa shape index (κ1) is 21.0. The highest BCUT2D eigenvalue weighted by atomic mass is 32.2. The third kappa shape index (κ3) is 4.93. The quantitative estimate of drug-likeness (QED) is 0.596. The van der Waals surface area contributed by atoms with Crippen LogP contribution in [0.2, 0.25) is 0 Å². The number of rotatable bonds is 6. The molecular formula is C19H20FN7O3S. The second-order valence-electron chi connectivity index (χ2n) is 6.99. The number of carbonyl (C=O) groups excluding carboxylic acids is 1. The molecule has 1 amide bonds. The molecule has 0 spiro atoms. The zero-order chi connectivity index (χ0) is 21.8. The number of hydrogen-bond acceptors (Lipinski definition) is 7. The summed E-state index contributed by atoms with van der Waals surface area (Å²) in [6, 6.07) is 11.9. The van der Waals surface area contributed by atoms with Gasteiger partial charge in [-0.1, -0.05) is 6.07 Å². The lowest BCUT2D eigenvalue weighted by Crippen LogP contribution is -2.50. The van der Waals surface area contributed by atoms with Crippen LogP contribution in [0.1, 0.15) is 0 Å². The Balaban J connectivity index is 1.35. The van der Waals surface area contributed by atoms with Crippen LogP contribution >= 0.6 is 0 Å². The van der Waals surface area contributed by atoms with Gasteiger partial charge in [0.25, 0.3) is 0 Å². The lowest BCUT2D eigenvalue weighted by Gasteiger charge is -2.33. The number of tetrazole rings is 1. The van der Waals surface area contributed by atoms with Crippen molar-refractivity contribution in [2.24, 2.45) is 0 Å². The molecule has 2 aromatic carbocycles. The fourth-order valence-corrected chi connectivity index (χ4v) is 4.74. The average Bonchev–Trinajstić information content (AvgIpc) is 3.31. The van der Waals surface area contributed by atoms with Crippen LogP contribution in [0, 0.1) is 5.82 Å². The molecule has 12 heteroatoms. The number of anilines is 1. The summed E-state index contributed by atoms with van der Waals surface area (Å²) in [6.45, 7) is 1.49.